The van der Waals surface area contributed by atoms with Crippen molar-refractivity contribution in [2.24, 2.45) is 0 Å². The van der Waals surface area contributed by atoms with E-state index in [4.69, 9.17) is 9.47 Å². The molecule has 7 heteroatoms. The van der Waals surface area contributed by atoms with E-state index in [2.05, 4.69) is 24.3 Å². The molecule has 2 aliphatic heterocycles. The number of ether oxygens (including phenoxy) is 2. The summed E-state index contributed by atoms with van der Waals surface area (Å²) in [4.78, 5) is 28.8. The average molecular weight is 451 g/mol. The van der Waals surface area contributed by atoms with E-state index in [1.807, 2.05) is 45.0 Å². The molecule has 3 aliphatic rings. The number of aliphatic hydroxyl groups is 1. The molecule has 0 unspecified atom stereocenters. The average Bonchev–Trinajstić information content (AvgIpc) is 3.43. The second kappa shape index (κ2) is 8.06. The number of nitrogens with zero attached hydrogens (tertiary/aromatic N) is 2. The largest absolute Gasteiger partial charge is 0.448 e. The number of likely N-dealkylation sites (tertiary alicyclic amines) is 2. The quantitative estimate of drug-likeness (QED) is 0.749. The maximum atomic E-state index is 13.1. The van der Waals surface area contributed by atoms with Crippen molar-refractivity contribution >= 4 is 12.2 Å². The molecule has 5 rings (SSSR count). The Bertz CT molecular complexity index is 1030. The van der Waals surface area contributed by atoms with Gasteiger partial charge in [0.1, 0.15) is 12.2 Å². The topological polar surface area (TPSA) is 79.3 Å². The second-order valence-corrected chi connectivity index (χ2v) is 10.0. The van der Waals surface area contributed by atoms with Gasteiger partial charge in [-0.2, -0.15) is 0 Å². The third-order valence-corrected chi connectivity index (χ3v) is 6.80. The van der Waals surface area contributed by atoms with Gasteiger partial charge in [0.05, 0.1) is 24.7 Å². The van der Waals surface area contributed by atoms with Gasteiger partial charge in [0.15, 0.2) is 0 Å². The van der Waals surface area contributed by atoms with E-state index >= 15 is 0 Å². The van der Waals surface area contributed by atoms with Crippen LogP contribution in [0.2, 0.25) is 0 Å². The Kier molecular flexibility index (Phi) is 5.32. The van der Waals surface area contributed by atoms with Crippen molar-refractivity contribution in [1.82, 2.24) is 9.80 Å². The Morgan fingerprint density at radius 1 is 0.970 bits per heavy atom. The lowest BCUT2D eigenvalue weighted by Gasteiger charge is -2.28. The van der Waals surface area contributed by atoms with E-state index in [0.717, 1.165) is 11.1 Å². The van der Waals surface area contributed by atoms with Crippen LogP contribution in [0.3, 0.4) is 0 Å². The lowest BCUT2D eigenvalue weighted by Crippen LogP contribution is -2.45. The van der Waals surface area contributed by atoms with Crippen molar-refractivity contribution in [1.29, 1.82) is 0 Å². The van der Waals surface area contributed by atoms with Gasteiger partial charge in [-0.1, -0.05) is 48.5 Å². The van der Waals surface area contributed by atoms with Gasteiger partial charge < -0.3 is 24.4 Å². The molecule has 0 radical (unpaired) electrons. The molecule has 2 heterocycles. The Morgan fingerprint density at radius 3 is 2.18 bits per heavy atom. The molecule has 0 aromatic heterocycles. The number of aliphatic hydroxyl groups excluding tert-OH is 1. The lowest BCUT2D eigenvalue weighted by molar-refractivity contribution is 0.0209. The lowest BCUT2D eigenvalue weighted by atomic mass is 9.98. The first kappa shape index (κ1) is 21.8. The van der Waals surface area contributed by atoms with Crippen molar-refractivity contribution < 1.29 is 24.2 Å². The van der Waals surface area contributed by atoms with Crippen LogP contribution in [-0.2, 0) is 9.47 Å². The summed E-state index contributed by atoms with van der Waals surface area (Å²) >= 11 is 0. The molecule has 2 aromatic rings. The van der Waals surface area contributed by atoms with Crippen molar-refractivity contribution in [2.75, 3.05) is 19.7 Å². The van der Waals surface area contributed by atoms with Crippen LogP contribution in [0.5, 0.6) is 0 Å². The van der Waals surface area contributed by atoms with Gasteiger partial charge in [0, 0.05) is 12.5 Å². The molecule has 0 spiro atoms. The first-order valence-corrected chi connectivity index (χ1v) is 11.5. The Hall–Kier alpha value is -3.06. The van der Waals surface area contributed by atoms with E-state index < -0.39 is 29.9 Å². The van der Waals surface area contributed by atoms with Crippen molar-refractivity contribution in [3.05, 3.63) is 59.7 Å². The molecular formula is C26H30N2O5. The molecule has 2 saturated heterocycles. The molecule has 2 aromatic carbocycles. The summed E-state index contributed by atoms with van der Waals surface area (Å²) in [6.45, 7) is 6.25. The number of benzene rings is 2. The molecule has 1 aliphatic carbocycles. The highest BCUT2D eigenvalue weighted by Gasteiger charge is 2.52. The standard InChI is InChI=1S/C26H30N2O5/c1-26(2,3)33-25(31)28-14-22(29)23-21(28)12-13-27(23)24(30)32-15-20-18-10-6-4-8-16(18)17-9-5-7-11-19(17)20/h4-11,20-23,29H,12-15H2,1-3H3/t21-,22+,23+/m1/s1. The van der Waals surface area contributed by atoms with Crippen LogP contribution in [-0.4, -0.2) is 70.6 Å². The third kappa shape index (κ3) is 3.84. The molecular weight excluding hydrogens is 420 g/mol. The summed E-state index contributed by atoms with van der Waals surface area (Å²) in [5, 5.41) is 10.7. The third-order valence-electron chi connectivity index (χ3n) is 6.80. The van der Waals surface area contributed by atoms with Crippen molar-refractivity contribution in [3.63, 3.8) is 0 Å². The molecule has 3 atom stereocenters. The summed E-state index contributed by atoms with van der Waals surface area (Å²) in [5.41, 5.74) is 4.04. The van der Waals surface area contributed by atoms with E-state index in [-0.39, 0.29) is 25.1 Å². The highest BCUT2D eigenvalue weighted by molar-refractivity contribution is 5.79. The predicted molar refractivity (Wildman–Crippen MR) is 123 cm³/mol. The fourth-order valence-electron chi connectivity index (χ4n) is 5.47. The molecule has 0 saturated carbocycles. The van der Waals surface area contributed by atoms with E-state index in [9.17, 15) is 14.7 Å². The number of rotatable bonds is 2. The van der Waals surface area contributed by atoms with Gasteiger partial charge in [-0.05, 0) is 49.4 Å². The summed E-state index contributed by atoms with van der Waals surface area (Å²) in [6.07, 6.45) is -1.14. The minimum absolute atomic E-state index is 0.0217. The summed E-state index contributed by atoms with van der Waals surface area (Å²) < 4.78 is 11.3. The summed E-state index contributed by atoms with van der Waals surface area (Å²) in [5.74, 6) is -0.0217. The van der Waals surface area contributed by atoms with Crippen LogP contribution in [0.1, 0.15) is 44.2 Å². The van der Waals surface area contributed by atoms with Gasteiger partial charge in [-0.3, -0.25) is 0 Å². The number of carbonyl (C=O) groups is 2. The number of hydrogen-bond acceptors (Lipinski definition) is 5. The van der Waals surface area contributed by atoms with Crippen molar-refractivity contribution in [2.45, 2.75) is 56.9 Å². The first-order valence-electron chi connectivity index (χ1n) is 11.5. The predicted octanol–water partition coefficient (Wildman–Crippen LogP) is 3.99. The van der Waals surface area contributed by atoms with Crippen LogP contribution in [0.15, 0.2) is 48.5 Å². The van der Waals surface area contributed by atoms with Gasteiger partial charge in [-0.25, -0.2) is 9.59 Å². The number of fused-ring (bicyclic) bond motifs is 4. The normalized spacial score (nSPS) is 23.8. The first-order chi connectivity index (χ1) is 15.7. The molecule has 0 bridgehead atoms. The summed E-state index contributed by atoms with van der Waals surface area (Å²) in [7, 11) is 0. The molecule has 1 N–H and O–H groups in total. The zero-order chi connectivity index (χ0) is 23.3. The Labute approximate surface area is 193 Å². The van der Waals surface area contributed by atoms with Crippen LogP contribution in [0.4, 0.5) is 9.59 Å². The maximum Gasteiger partial charge on any atom is 0.410 e. The van der Waals surface area contributed by atoms with Gasteiger partial charge >= 0.3 is 12.2 Å². The molecule has 2 amide bonds. The molecule has 7 nitrogen and oxygen atoms in total. The SMILES string of the molecule is CC(C)(C)OC(=O)N1C[C@H](O)[C@@H]2[C@H]1CCN2C(=O)OCC1c2ccccc2-c2ccccc21. The fraction of sp³-hybridized carbons (Fsp3) is 0.462. The molecule has 2 fully saturated rings. The van der Waals surface area contributed by atoms with Crippen LogP contribution in [0, 0.1) is 0 Å². The van der Waals surface area contributed by atoms with Gasteiger partial charge in [0.25, 0.3) is 0 Å². The van der Waals surface area contributed by atoms with E-state index in [0.29, 0.717) is 13.0 Å². The second-order valence-electron chi connectivity index (χ2n) is 10.0. The maximum absolute atomic E-state index is 13.1. The number of β-amino-alcohol motifs (C(OH)–C–C–N with tert-alkyl or cyclic N) is 1. The van der Waals surface area contributed by atoms with Gasteiger partial charge in [-0.15, -0.1) is 0 Å². The zero-order valence-electron chi connectivity index (χ0n) is 19.2. The van der Waals surface area contributed by atoms with Gasteiger partial charge in [0.2, 0.25) is 0 Å². The monoisotopic (exact) mass is 450 g/mol. The van der Waals surface area contributed by atoms with E-state index in [1.54, 1.807) is 9.80 Å². The molecule has 33 heavy (non-hydrogen) atoms. The Balaban J connectivity index is 1.28. The summed E-state index contributed by atoms with van der Waals surface area (Å²) in [6, 6.07) is 15.7. The number of carbonyl (C=O) groups excluding carboxylic acids is 2. The smallest absolute Gasteiger partial charge is 0.410 e. The number of hydrogen-bond donors (Lipinski definition) is 1. The highest BCUT2D eigenvalue weighted by atomic mass is 16.6. The fourth-order valence-corrected chi connectivity index (χ4v) is 5.47. The Morgan fingerprint density at radius 2 is 1.58 bits per heavy atom. The molecule has 174 valence electrons. The minimum Gasteiger partial charge on any atom is -0.448 e. The minimum atomic E-state index is -0.828. The van der Waals surface area contributed by atoms with Crippen LogP contribution in [0.25, 0.3) is 11.1 Å². The van der Waals surface area contributed by atoms with E-state index in [1.165, 1.54) is 11.1 Å². The zero-order valence-corrected chi connectivity index (χ0v) is 19.2. The van der Waals surface area contributed by atoms with Crippen LogP contribution >= 0.6 is 0 Å². The number of amides is 2. The van der Waals surface area contributed by atoms with Crippen molar-refractivity contribution in [3.8, 4) is 11.1 Å². The van der Waals surface area contributed by atoms with Crippen LogP contribution < -0.4 is 0 Å². The highest BCUT2D eigenvalue weighted by Crippen LogP contribution is 2.44.